The molecule has 6 heteroatoms. The lowest BCUT2D eigenvalue weighted by atomic mass is 10.1. The van der Waals surface area contributed by atoms with Gasteiger partial charge in [0.05, 0.1) is 0 Å². The van der Waals surface area contributed by atoms with Gasteiger partial charge in [-0.25, -0.2) is 4.79 Å². The number of nitrogens with one attached hydrogen (secondary N) is 1. The molecule has 2 N–H and O–H groups in total. The SMILES string of the molecule is CC(=O)Nc1cc2c(c(C(=O)O)c1)OCO2. The Morgan fingerprint density at radius 1 is 1.38 bits per heavy atom. The summed E-state index contributed by atoms with van der Waals surface area (Å²) in [5, 5.41) is 11.5. The first-order chi connectivity index (χ1) is 7.58. The van der Waals surface area contributed by atoms with Gasteiger partial charge in [-0.3, -0.25) is 4.79 Å². The second-order valence-corrected chi connectivity index (χ2v) is 3.24. The molecule has 2 rings (SSSR count). The molecule has 84 valence electrons. The monoisotopic (exact) mass is 223 g/mol. The lowest BCUT2D eigenvalue weighted by Gasteiger charge is -2.06. The Kier molecular flexibility index (Phi) is 2.40. The molecule has 0 atom stereocenters. The number of fused-ring (bicyclic) bond motifs is 1. The van der Waals surface area contributed by atoms with Gasteiger partial charge in [-0.1, -0.05) is 0 Å². The van der Waals surface area contributed by atoms with Gasteiger partial charge in [-0.2, -0.15) is 0 Å². The molecule has 1 amide bonds. The van der Waals surface area contributed by atoms with Crippen molar-refractivity contribution in [2.75, 3.05) is 12.1 Å². The summed E-state index contributed by atoms with van der Waals surface area (Å²) in [7, 11) is 0. The van der Waals surface area contributed by atoms with Crippen LogP contribution in [0.1, 0.15) is 17.3 Å². The van der Waals surface area contributed by atoms with E-state index in [1.807, 2.05) is 0 Å². The number of hydrogen-bond donors (Lipinski definition) is 2. The first-order valence-electron chi connectivity index (χ1n) is 4.52. The van der Waals surface area contributed by atoms with Crippen LogP contribution in [-0.4, -0.2) is 23.8 Å². The molecular formula is C10H9NO5. The van der Waals surface area contributed by atoms with Crippen molar-refractivity contribution in [3.05, 3.63) is 17.7 Å². The maximum Gasteiger partial charge on any atom is 0.339 e. The molecule has 1 aliphatic heterocycles. The van der Waals surface area contributed by atoms with Crippen LogP contribution in [0.4, 0.5) is 5.69 Å². The van der Waals surface area contributed by atoms with E-state index >= 15 is 0 Å². The van der Waals surface area contributed by atoms with Gasteiger partial charge in [0, 0.05) is 18.7 Å². The third-order valence-corrected chi connectivity index (χ3v) is 2.02. The molecule has 0 aliphatic carbocycles. The summed E-state index contributed by atoms with van der Waals surface area (Å²) in [5.41, 5.74) is 0.341. The third-order valence-electron chi connectivity index (χ3n) is 2.02. The number of anilines is 1. The van der Waals surface area contributed by atoms with Crippen LogP contribution in [0.3, 0.4) is 0 Å². The number of amides is 1. The number of carboxylic acids is 1. The Labute approximate surface area is 90.8 Å². The maximum atomic E-state index is 11.0. The van der Waals surface area contributed by atoms with Gasteiger partial charge in [-0.05, 0) is 6.07 Å². The quantitative estimate of drug-likeness (QED) is 0.783. The minimum atomic E-state index is -1.13. The Bertz CT molecular complexity index is 469. The third kappa shape index (κ3) is 1.77. The largest absolute Gasteiger partial charge is 0.478 e. The minimum absolute atomic E-state index is 0.0147. The highest BCUT2D eigenvalue weighted by atomic mass is 16.7. The zero-order valence-corrected chi connectivity index (χ0v) is 8.44. The Morgan fingerprint density at radius 3 is 2.75 bits per heavy atom. The van der Waals surface area contributed by atoms with E-state index in [0.29, 0.717) is 11.4 Å². The van der Waals surface area contributed by atoms with Crippen LogP contribution in [0.5, 0.6) is 11.5 Å². The Hall–Kier alpha value is -2.24. The fourth-order valence-corrected chi connectivity index (χ4v) is 1.44. The number of benzene rings is 1. The average molecular weight is 223 g/mol. The number of rotatable bonds is 2. The average Bonchev–Trinajstić information content (AvgIpc) is 2.62. The van der Waals surface area contributed by atoms with E-state index in [2.05, 4.69) is 5.32 Å². The summed E-state index contributed by atoms with van der Waals surface area (Å²) < 4.78 is 10.1. The molecular weight excluding hydrogens is 214 g/mol. The van der Waals surface area contributed by atoms with Crippen molar-refractivity contribution in [2.45, 2.75) is 6.92 Å². The lowest BCUT2D eigenvalue weighted by molar-refractivity contribution is -0.114. The smallest absolute Gasteiger partial charge is 0.339 e. The lowest BCUT2D eigenvalue weighted by Crippen LogP contribution is -2.07. The van der Waals surface area contributed by atoms with Crippen LogP contribution in [0.2, 0.25) is 0 Å². The first-order valence-corrected chi connectivity index (χ1v) is 4.52. The number of ether oxygens (including phenoxy) is 2. The highest BCUT2D eigenvalue weighted by Crippen LogP contribution is 2.38. The number of carbonyl (C=O) groups is 2. The number of carbonyl (C=O) groups excluding carboxylic acids is 1. The molecule has 0 fully saturated rings. The van der Waals surface area contributed by atoms with Crippen molar-refractivity contribution in [3.63, 3.8) is 0 Å². The molecule has 6 nitrogen and oxygen atoms in total. The van der Waals surface area contributed by atoms with E-state index in [1.165, 1.54) is 19.1 Å². The molecule has 0 radical (unpaired) electrons. The van der Waals surface area contributed by atoms with Gasteiger partial charge in [0.25, 0.3) is 0 Å². The van der Waals surface area contributed by atoms with Crippen molar-refractivity contribution in [1.29, 1.82) is 0 Å². The van der Waals surface area contributed by atoms with Gasteiger partial charge in [0.2, 0.25) is 12.7 Å². The van der Waals surface area contributed by atoms with Crippen molar-refractivity contribution in [3.8, 4) is 11.5 Å². The molecule has 0 aromatic heterocycles. The van der Waals surface area contributed by atoms with Crippen molar-refractivity contribution >= 4 is 17.6 Å². The van der Waals surface area contributed by atoms with Gasteiger partial charge in [0.15, 0.2) is 11.5 Å². The summed E-state index contributed by atoms with van der Waals surface area (Å²) in [6, 6.07) is 2.85. The molecule has 0 unspecified atom stereocenters. The van der Waals surface area contributed by atoms with Crippen LogP contribution in [0, 0.1) is 0 Å². The number of hydrogen-bond acceptors (Lipinski definition) is 4. The first kappa shape index (κ1) is 10.3. The van der Waals surface area contributed by atoms with E-state index in [9.17, 15) is 9.59 Å². The van der Waals surface area contributed by atoms with Crippen LogP contribution < -0.4 is 14.8 Å². The maximum absolute atomic E-state index is 11.0. The van der Waals surface area contributed by atoms with E-state index in [-0.39, 0.29) is 24.0 Å². The summed E-state index contributed by atoms with van der Waals surface area (Å²) in [4.78, 5) is 21.8. The van der Waals surface area contributed by atoms with Gasteiger partial charge < -0.3 is 19.9 Å². The molecule has 0 spiro atoms. The number of carboxylic acid groups (broad SMARTS) is 1. The summed E-state index contributed by atoms with van der Waals surface area (Å²) in [6.45, 7) is 1.32. The molecule has 0 saturated heterocycles. The minimum Gasteiger partial charge on any atom is -0.478 e. The molecule has 16 heavy (non-hydrogen) atoms. The van der Waals surface area contributed by atoms with Crippen LogP contribution in [0.25, 0.3) is 0 Å². The summed E-state index contributed by atoms with van der Waals surface area (Å²) in [5.74, 6) is -0.894. The zero-order chi connectivity index (χ0) is 11.7. The van der Waals surface area contributed by atoms with Gasteiger partial charge >= 0.3 is 5.97 Å². The normalized spacial score (nSPS) is 12.3. The van der Waals surface area contributed by atoms with E-state index in [4.69, 9.17) is 14.6 Å². The predicted molar refractivity (Wildman–Crippen MR) is 53.8 cm³/mol. The van der Waals surface area contributed by atoms with E-state index in [1.54, 1.807) is 0 Å². The van der Waals surface area contributed by atoms with Crippen molar-refractivity contribution in [1.82, 2.24) is 0 Å². The van der Waals surface area contributed by atoms with Gasteiger partial charge in [-0.15, -0.1) is 0 Å². The number of aromatic carboxylic acids is 1. The van der Waals surface area contributed by atoms with Crippen molar-refractivity contribution in [2.24, 2.45) is 0 Å². The van der Waals surface area contributed by atoms with Crippen molar-refractivity contribution < 1.29 is 24.2 Å². The second-order valence-electron chi connectivity index (χ2n) is 3.24. The topological polar surface area (TPSA) is 84.9 Å². The highest BCUT2D eigenvalue weighted by Gasteiger charge is 2.23. The molecule has 1 heterocycles. The highest BCUT2D eigenvalue weighted by molar-refractivity contribution is 5.96. The molecule has 0 saturated carbocycles. The molecule has 0 bridgehead atoms. The standard InChI is InChI=1S/C10H9NO5/c1-5(12)11-6-2-7(10(13)14)9-8(3-6)15-4-16-9/h2-3H,4H2,1H3,(H,11,12)(H,13,14). The van der Waals surface area contributed by atoms with E-state index in [0.717, 1.165) is 0 Å². The van der Waals surface area contributed by atoms with Crippen LogP contribution in [0.15, 0.2) is 12.1 Å². The molecule has 1 aliphatic rings. The Balaban J connectivity index is 2.47. The predicted octanol–water partition coefficient (Wildman–Crippen LogP) is 1.07. The van der Waals surface area contributed by atoms with Crippen LogP contribution >= 0.6 is 0 Å². The fraction of sp³-hybridized carbons (Fsp3) is 0.200. The zero-order valence-electron chi connectivity index (χ0n) is 8.44. The van der Waals surface area contributed by atoms with Gasteiger partial charge in [0.1, 0.15) is 5.56 Å². The summed E-state index contributed by atoms with van der Waals surface area (Å²) in [6.07, 6.45) is 0. The Morgan fingerprint density at radius 2 is 2.12 bits per heavy atom. The molecule has 1 aromatic carbocycles. The summed E-state index contributed by atoms with van der Waals surface area (Å²) >= 11 is 0. The fourth-order valence-electron chi connectivity index (χ4n) is 1.44. The van der Waals surface area contributed by atoms with E-state index < -0.39 is 5.97 Å². The molecule has 1 aromatic rings. The van der Waals surface area contributed by atoms with Crippen LogP contribution in [-0.2, 0) is 4.79 Å². The second kappa shape index (κ2) is 3.73.